The van der Waals surface area contributed by atoms with E-state index in [-0.39, 0.29) is 0 Å². The van der Waals surface area contributed by atoms with Crippen molar-refractivity contribution >= 4 is 17.4 Å². The van der Waals surface area contributed by atoms with Crippen molar-refractivity contribution in [1.29, 1.82) is 0 Å². The van der Waals surface area contributed by atoms with Crippen LogP contribution in [0.25, 0.3) is 0 Å². The Labute approximate surface area is 70.1 Å². The van der Waals surface area contributed by atoms with E-state index in [0.717, 1.165) is 5.88 Å². The van der Waals surface area contributed by atoms with Crippen LogP contribution in [-0.4, -0.2) is 13.0 Å². The summed E-state index contributed by atoms with van der Waals surface area (Å²) < 4.78 is 0. The molecule has 0 saturated carbocycles. The summed E-state index contributed by atoms with van der Waals surface area (Å²) in [6, 6.07) is 8.25. The first-order valence-corrected chi connectivity index (χ1v) is 4.44. The number of nitrogens with zero attached hydrogens (tertiary/aromatic N) is 1. The maximum atomic E-state index is 5.15. The zero-order chi connectivity index (χ0) is 7.68. The molecule has 0 aliphatic carbocycles. The lowest BCUT2D eigenvalue weighted by Gasteiger charge is -2.13. The Hall–Kier alpha value is -0.670. The normalized spacial score (nSPS) is 15.2. The quantitative estimate of drug-likeness (QED) is 0.635. The van der Waals surface area contributed by atoms with E-state index in [9.17, 15) is 0 Å². The van der Waals surface area contributed by atoms with Gasteiger partial charge >= 0.3 is 0 Å². The van der Waals surface area contributed by atoms with Gasteiger partial charge in [-0.2, -0.15) is 0 Å². The maximum Gasteiger partial charge on any atom is 0.0957 e. The van der Waals surface area contributed by atoms with Crippen molar-refractivity contribution in [1.82, 2.24) is 0 Å². The fourth-order valence-electron chi connectivity index (χ4n) is 1.13. The highest BCUT2D eigenvalue weighted by Crippen LogP contribution is 2.37. The van der Waals surface area contributed by atoms with Crippen LogP contribution < -0.4 is 5.06 Å². The van der Waals surface area contributed by atoms with Crippen LogP contribution in [0.5, 0.6) is 0 Å². The van der Waals surface area contributed by atoms with Crippen LogP contribution in [0.2, 0.25) is 0 Å². The van der Waals surface area contributed by atoms with Crippen LogP contribution in [0.4, 0.5) is 5.69 Å². The fraction of sp³-hybridized carbons (Fsp3) is 0.250. The Morgan fingerprint density at radius 1 is 1.45 bits per heavy atom. The van der Waals surface area contributed by atoms with Gasteiger partial charge < -0.3 is 0 Å². The Morgan fingerprint density at radius 3 is 3.09 bits per heavy atom. The molecule has 1 heterocycles. The molecule has 0 bridgehead atoms. The van der Waals surface area contributed by atoms with Gasteiger partial charge in [0.2, 0.25) is 0 Å². The molecule has 0 radical (unpaired) electrons. The second kappa shape index (κ2) is 2.75. The topological polar surface area (TPSA) is 12.5 Å². The molecule has 11 heavy (non-hydrogen) atoms. The molecule has 0 saturated heterocycles. The first-order valence-electron chi connectivity index (χ1n) is 3.45. The monoisotopic (exact) mass is 167 g/mol. The van der Waals surface area contributed by atoms with E-state index < -0.39 is 0 Å². The van der Waals surface area contributed by atoms with E-state index in [0.29, 0.717) is 0 Å². The molecule has 0 spiro atoms. The number of hydrogen-bond donors (Lipinski definition) is 0. The molecule has 0 unspecified atom stereocenters. The molecule has 2 rings (SSSR count). The van der Waals surface area contributed by atoms with Gasteiger partial charge in [-0.15, -0.1) is 0 Å². The van der Waals surface area contributed by atoms with Crippen LogP contribution in [0.15, 0.2) is 29.2 Å². The number of hydroxylamine groups is 1. The summed E-state index contributed by atoms with van der Waals surface area (Å²) in [6.07, 6.45) is 0. The number of thioether (sulfide) groups is 1. The molecular weight excluding hydrogens is 158 g/mol. The van der Waals surface area contributed by atoms with Crippen LogP contribution in [0.1, 0.15) is 0 Å². The minimum absolute atomic E-state index is 0.899. The Morgan fingerprint density at radius 2 is 2.27 bits per heavy atom. The van der Waals surface area contributed by atoms with Crippen molar-refractivity contribution in [2.75, 3.05) is 18.0 Å². The number of benzene rings is 1. The minimum atomic E-state index is 0.899. The summed E-state index contributed by atoms with van der Waals surface area (Å²) in [5.74, 6) is 0.899. The number of rotatable bonds is 1. The van der Waals surface area contributed by atoms with E-state index in [1.54, 1.807) is 18.9 Å². The van der Waals surface area contributed by atoms with Crippen molar-refractivity contribution < 1.29 is 4.84 Å². The molecule has 2 nitrogen and oxygen atoms in total. The molecule has 1 aliphatic rings. The van der Waals surface area contributed by atoms with E-state index in [2.05, 4.69) is 12.1 Å². The number of fused-ring (bicyclic) bond motifs is 1. The molecule has 3 heteroatoms. The molecule has 0 N–H and O–H groups in total. The maximum absolute atomic E-state index is 5.15. The molecule has 58 valence electrons. The predicted octanol–water partition coefficient (Wildman–Crippen LogP) is 2.12. The van der Waals surface area contributed by atoms with Crippen molar-refractivity contribution in [2.24, 2.45) is 0 Å². The molecule has 1 aromatic rings. The summed E-state index contributed by atoms with van der Waals surface area (Å²) >= 11 is 1.80. The summed E-state index contributed by atoms with van der Waals surface area (Å²) in [6.45, 7) is 0. The summed E-state index contributed by atoms with van der Waals surface area (Å²) in [7, 11) is 1.70. The van der Waals surface area contributed by atoms with E-state index in [1.807, 2.05) is 17.2 Å². The average Bonchev–Trinajstić information content (AvgIpc) is 2.47. The molecule has 0 atom stereocenters. The van der Waals surface area contributed by atoms with Crippen molar-refractivity contribution in [3.05, 3.63) is 24.3 Å². The Kier molecular flexibility index (Phi) is 1.75. The molecule has 1 aliphatic heterocycles. The highest BCUT2D eigenvalue weighted by molar-refractivity contribution is 7.99. The van der Waals surface area contributed by atoms with E-state index in [1.165, 1.54) is 10.6 Å². The predicted molar refractivity (Wildman–Crippen MR) is 46.7 cm³/mol. The van der Waals surface area contributed by atoms with E-state index in [4.69, 9.17) is 4.84 Å². The summed E-state index contributed by atoms with van der Waals surface area (Å²) in [5, 5.41) is 1.89. The van der Waals surface area contributed by atoms with Crippen molar-refractivity contribution in [2.45, 2.75) is 4.90 Å². The van der Waals surface area contributed by atoms with Gasteiger partial charge in [-0.1, -0.05) is 23.9 Å². The zero-order valence-corrected chi connectivity index (χ0v) is 7.10. The van der Waals surface area contributed by atoms with Crippen LogP contribution in [-0.2, 0) is 4.84 Å². The van der Waals surface area contributed by atoms with Crippen LogP contribution in [0.3, 0.4) is 0 Å². The SMILES string of the molecule is CON1CSc2ccccc21. The largest absolute Gasteiger partial charge is 0.276 e. The van der Waals surface area contributed by atoms with Gasteiger partial charge in [0.25, 0.3) is 0 Å². The number of para-hydroxylation sites is 1. The third-order valence-corrected chi connectivity index (χ3v) is 2.71. The lowest BCUT2D eigenvalue weighted by molar-refractivity contribution is 0.181. The van der Waals surface area contributed by atoms with Gasteiger partial charge in [0, 0.05) is 4.90 Å². The highest BCUT2D eigenvalue weighted by atomic mass is 32.2. The first-order chi connectivity index (χ1) is 5.42. The minimum Gasteiger partial charge on any atom is -0.276 e. The molecule has 0 amide bonds. The molecule has 1 aromatic carbocycles. The van der Waals surface area contributed by atoms with Crippen molar-refractivity contribution in [3.8, 4) is 0 Å². The molecule has 0 fully saturated rings. The lowest BCUT2D eigenvalue weighted by Crippen LogP contribution is -2.16. The van der Waals surface area contributed by atoms with Crippen LogP contribution >= 0.6 is 11.8 Å². The third kappa shape index (κ3) is 1.10. The number of anilines is 1. The highest BCUT2D eigenvalue weighted by Gasteiger charge is 2.17. The molecular formula is C8H9NOS. The first kappa shape index (κ1) is 7.00. The standard InChI is InChI=1S/C8H9NOS/c1-10-9-6-11-8-5-3-2-4-7(8)9/h2-5H,6H2,1H3. The third-order valence-electron chi connectivity index (χ3n) is 1.69. The molecule has 0 aromatic heterocycles. The second-order valence-electron chi connectivity index (χ2n) is 2.30. The van der Waals surface area contributed by atoms with Gasteiger partial charge in [0.15, 0.2) is 0 Å². The van der Waals surface area contributed by atoms with Gasteiger partial charge in [0.1, 0.15) is 0 Å². The smallest absolute Gasteiger partial charge is 0.0957 e. The Bertz CT molecular complexity index is 264. The second-order valence-corrected chi connectivity index (χ2v) is 3.29. The van der Waals surface area contributed by atoms with Gasteiger partial charge in [0.05, 0.1) is 18.7 Å². The van der Waals surface area contributed by atoms with Crippen molar-refractivity contribution in [3.63, 3.8) is 0 Å². The summed E-state index contributed by atoms with van der Waals surface area (Å²) in [4.78, 5) is 6.45. The average molecular weight is 167 g/mol. The van der Waals surface area contributed by atoms with Gasteiger partial charge in [-0.25, -0.2) is 5.06 Å². The van der Waals surface area contributed by atoms with Gasteiger partial charge in [-0.05, 0) is 12.1 Å². The van der Waals surface area contributed by atoms with E-state index >= 15 is 0 Å². The van der Waals surface area contributed by atoms with Gasteiger partial charge in [-0.3, -0.25) is 4.84 Å². The fourth-order valence-corrected chi connectivity index (χ4v) is 2.13. The zero-order valence-electron chi connectivity index (χ0n) is 6.28. The number of hydrogen-bond acceptors (Lipinski definition) is 3. The Balaban J connectivity index is 2.39. The summed E-state index contributed by atoms with van der Waals surface area (Å²) in [5.41, 5.74) is 1.18. The lowest BCUT2D eigenvalue weighted by atomic mass is 10.3. The van der Waals surface area contributed by atoms with Crippen LogP contribution in [0, 0.1) is 0 Å².